The molecule has 2 saturated heterocycles. The smallest absolute Gasteiger partial charge is 0.249 e. The van der Waals surface area contributed by atoms with E-state index in [0.717, 1.165) is 65.3 Å². The van der Waals surface area contributed by atoms with Crippen molar-refractivity contribution in [1.29, 1.82) is 0 Å². The lowest BCUT2D eigenvalue weighted by molar-refractivity contribution is -0.130. The van der Waals surface area contributed by atoms with Gasteiger partial charge in [0.05, 0.1) is 13.2 Å². The average Bonchev–Trinajstić information content (AvgIpc) is 2.89. The van der Waals surface area contributed by atoms with Crippen molar-refractivity contribution >= 4 is 5.91 Å². The number of hydrogen-bond acceptors (Lipinski definition) is 4. The number of morpholine rings is 1. The van der Waals surface area contributed by atoms with Crippen LogP contribution in [0.25, 0.3) is 0 Å². The van der Waals surface area contributed by atoms with Gasteiger partial charge in [-0.3, -0.25) is 9.69 Å². The lowest BCUT2D eigenvalue weighted by Gasteiger charge is -2.26. The van der Waals surface area contributed by atoms with Crippen LogP contribution in [-0.4, -0.2) is 62.9 Å². The summed E-state index contributed by atoms with van der Waals surface area (Å²) < 4.78 is 10.6. The van der Waals surface area contributed by atoms with Crippen LogP contribution in [-0.2, 0) is 14.3 Å². The van der Waals surface area contributed by atoms with Gasteiger partial charge >= 0.3 is 0 Å². The molecular formula is C12H22N2O3. The normalized spacial score (nSPS) is 26.0. The van der Waals surface area contributed by atoms with E-state index in [-0.39, 0.29) is 12.0 Å². The molecule has 2 fully saturated rings. The van der Waals surface area contributed by atoms with Crippen LogP contribution < -0.4 is 5.32 Å². The van der Waals surface area contributed by atoms with Crippen molar-refractivity contribution in [2.75, 3.05) is 46.0 Å². The number of rotatable bonds is 5. The summed E-state index contributed by atoms with van der Waals surface area (Å²) in [6.45, 7) is 6.21. The van der Waals surface area contributed by atoms with E-state index in [1.54, 1.807) is 0 Å². The third kappa shape index (κ3) is 4.26. The van der Waals surface area contributed by atoms with Gasteiger partial charge in [-0.25, -0.2) is 0 Å². The number of nitrogens with one attached hydrogen (secondary N) is 1. The minimum atomic E-state index is -0.196. The first-order chi connectivity index (χ1) is 8.36. The summed E-state index contributed by atoms with van der Waals surface area (Å²) in [5.41, 5.74) is 0. The Kier molecular flexibility index (Phi) is 5.22. The fourth-order valence-corrected chi connectivity index (χ4v) is 2.24. The second-order valence-corrected chi connectivity index (χ2v) is 4.60. The van der Waals surface area contributed by atoms with E-state index in [2.05, 4.69) is 10.2 Å². The predicted molar refractivity (Wildman–Crippen MR) is 63.9 cm³/mol. The van der Waals surface area contributed by atoms with Crippen LogP contribution in [0.5, 0.6) is 0 Å². The van der Waals surface area contributed by atoms with E-state index >= 15 is 0 Å². The minimum absolute atomic E-state index is 0.0597. The zero-order valence-electron chi connectivity index (χ0n) is 10.3. The quantitative estimate of drug-likeness (QED) is 0.690. The van der Waals surface area contributed by atoms with Gasteiger partial charge in [0, 0.05) is 26.2 Å². The summed E-state index contributed by atoms with van der Waals surface area (Å²) in [5.74, 6) is 0.0597. The molecule has 1 N–H and O–H groups in total. The minimum Gasteiger partial charge on any atom is -0.379 e. The number of hydrogen-bond donors (Lipinski definition) is 1. The average molecular weight is 242 g/mol. The molecule has 1 atom stereocenters. The largest absolute Gasteiger partial charge is 0.379 e. The van der Waals surface area contributed by atoms with Crippen molar-refractivity contribution in [2.45, 2.75) is 25.4 Å². The highest BCUT2D eigenvalue weighted by molar-refractivity contribution is 5.80. The molecule has 17 heavy (non-hydrogen) atoms. The second-order valence-electron chi connectivity index (χ2n) is 4.60. The van der Waals surface area contributed by atoms with Gasteiger partial charge in [0.1, 0.15) is 6.10 Å². The van der Waals surface area contributed by atoms with E-state index in [0.29, 0.717) is 0 Å². The Morgan fingerprint density at radius 3 is 2.82 bits per heavy atom. The molecule has 1 amide bonds. The fourth-order valence-electron chi connectivity index (χ4n) is 2.24. The lowest BCUT2D eigenvalue weighted by Crippen LogP contribution is -2.39. The molecule has 0 saturated carbocycles. The summed E-state index contributed by atoms with van der Waals surface area (Å²) >= 11 is 0. The molecule has 0 aliphatic carbocycles. The number of ether oxygens (including phenoxy) is 2. The van der Waals surface area contributed by atoms with Gasteiger partial charge in [-0.15, -0.1) is 0 Å². The first-order valence-corrected chi connectivity index (χ1v) is 6.56. The van der Waals surface area contributed by atoms with Crippen LogP contribution >= 0.6 is 0 Å². The van der Waals surface area contributed by atoms with E-state index < -0.39 is 0 Å². The fraction of sp³-hybridized carbons (Fsp3) is 0.917. The highest BCUT2D eigenvalue weighted by Gasteiger charge is 2.22. The van der Waals surface area contributed by atoms with Crippen LogP contribution in [0.1, 0.15) is 19.3 Å². The summed E-state index contributed by atoms with van der Waals surface area (Å²) in [7, 11) is 0. The van der Waals surface area contributed by atoms with Crippen LogP contribution in [0.2, 0.25) is 0 Å². The summed E-state index contributed by atoms with van der Waals surface area (Å²) in [6, 6.07) is 0. The Morgan fingerprint density at radius 2 is 2.12 bits per heavy atom. The highest BCUT2D eigenvalue weighted by atomic mass is 16.5. The third-order valence-corrected chi connectivity index (χ3v) is 3.28. The Bertz CT molecular complexity index is 236. The Balaban J connectivity index is 1.51. The Labute approximate surface area is 102 Å². The Morgan fingerprint density at radius 1 is 1.29 bits per heavy atom. The maximum absolute atomic E-state index is 11.6. The molecule has 1 unspecified atom stereocenters. The van der Waals surface area contributed by atoms with Gasteiger partial charge in [0.15, 0.2) is 0 Å². The topological polar surface area (TPSA) is 50.8 Å². The van der Waals surface area contributed by atoms with Crippen LogP contribution in [0.3, 0.4) is 0 Å². The number of nitrogens with zero attached hydrogens (tertiary/aromatic N) is 1. The van der Waals surface area contributed by atoms with Crippen molar-refractivity contribution < 1.29 is 14.3 Å². The molecule has 2 aliphatic rings. The maximum atomic E-state index is 11.6. The Hall–Kier alpha value is -0.650. The number of carbonyl (C=O) groups excluding carboxylic acids is 1. The SMILES string of the molecule is O=C(NCCCN1CCOCC1)C1CCCO1. The molecule has 2 aliphatic heterocycles. The zero-order valence-corrected chi connectivity index (χ0v) is 10.3. The second kappa shape index (κ2) is 6.93. The zero-order chi connectivity index (χ0) is 11.9. The van der Waals surface area contributed by atoms with E-state index in [4.69, 9.17) is 9.47 Å². The van der Waals surface area contributed by atoms with E-state index in [1.807, 2.05) is 0 Å². The van der Waals surface area contributed by atoms with Gasteiger partial charge in [-0.2, -0.15) is 0 Å². The van der Waals surface area contributed by atoms with Gasteiger partial charge in [-0.1, -0.05) is 0 Å². The molecule has 0 aromatic heterocycles. The molecule has 0 aromatic carbocycles. The van der Waals surface area contributed by atoms with Gasteiger partial charge in [0.2, 0.25) is 5.91 Å². The molecule has 2 rings (SSSR count). The van der Waals surface area contributed by atoms with E-state index in [9.17, 15) is 4.79 Å². The van der Waals surface area contributed by atoms with Crippen LogP contribution in [0.4, 0.5) is 0 Å². The molecule has 0 spiro atoms. The summed E-state index contributed by atoms with van der Waals surface area (Å²) in [4.78, 5) is 14.0. The first kappa shape index (κ1) is 12.8. The van der Waals surface area contributed by atoms with Crippen LogP contribution in [0.15, 0.2) is 0 Å². The molecule has 0 radical (unpaired) electrons. The van der Waals surface area contributed by atoms with Crippen molar-refractivity contribution in [2.24, 2.45) is 0 Å². The molecule has 5 heteroatoms. The molecule has 0 aromatic rings. The van der Waals surface area contributed by atoms with Crippen molar-refractivity contribution in [3.8, 4) is 0 Å². The third-order valence-electron chi connectivity index (χ3n) is 3.28. The molecular weight excluding hydrogens is 220 g/mol. The van der Waals surface area contributed by atoms with Crippen molar-refractivity contribution in [3.63, 3.8) is 0 Å². The van der Waals surface area contributed by atoms with Gasteiger partial charge < -0.3 is 14.8 Å². The summed E-state index contributed by atoms with van der Waals surface area (Å²) in [5, 5.41) is 2.94. The predicted octanol–water partition coefficient (Wildman–Crippen LogP) is 0.00390. The molecule has 2 heterocycles. The van der Waals surface area contributed by atoms with Crippen molar-refractivity contribution in [1.82, 2.24) is 10.2 Å². The number of amides is 1. The lowest BCUT2D eigenvalue weighted by atomic mass is 10.2. The van der Waals surface area contributed by atoms with Gasteiger partial charge in [0.25, 0.3) is 0 Å². The molecule has 98 valence electrons. The maximum Gasteiger partial charge on any atom is 0.249 e. The van der Waals surface area contributed by atoms with E-state index in [1.165, 1.54) is 0 Å². The summed E-state index contributed by atoms with van der Waals surface area (Å²) in [6.07, 6.45) is 2.68. The first-order valence-electron chi connectivity index (χ1n) is 6.56. The molecule has 0 bridgehead atoms. The monoisotopic (exact) mass is 242 g/mol. The highest BCUT2D eigenvalue weighted by Crippen LogP contribution is 2.11. The van der Waals surface area contributed by atoms with Crippen LogP contribution in [0, 0.1) is 0 Å². The standard InChI is InChI=1S/C12H22N2O3/c15-12(11-3-1-8-17-11)13-4-2-5-14-6-9-16-10-7-14/h11H,1-10H2,(H,13,15). The number of carbonyl (C=O) groups is 1. The molecule has 5 nitrogen and oxygen atoms in total. The van der Waals surface area contributed by atoms with Crippen molar-refractivity contribution in [3.05, 3.63) is 0 Å². The van der Waals surface area contributed by atoms with Gasteiger partial charge in [-0.05, 0) is 25.8 Å².